The summed E-state index contributed by atoms with van der Waals surface area (Å²) in [5.41, 5.74) is 1.64. The van der Waals surface area contributed by atoms with Crippen LogP contribution >= 0.6 is 0 Å². The molecule has 9 nitrogen and oxygen atoms in total. The Kier molecular flexibility index (Phi) is 6.19. The number of hydrogen-bond acceptors (Lipinski definition) is 6. The molecule has 1 amide bonds. The number of aromatic nitrogens is 2. The lowest BCUT2D eigenvalue weighted by atomic mass is 10.1. The molecule has 27 heavy (non-hydrogen) atoms. The second-order valence-electron chi connectivity index (χ2n) is 7.35. The fraction of sp³-hybridized carbons (Fsp3) is 0.765. The van der Waals surface area contributed by atoms with E-state index < -0.39 is 10.0 Å². The lowest BCUT2D eigenvalue weighted by Gasteiger charge is -2.26. The van der Waals surface area contributed by atoms with Gasteiger partial charge in [0.2, 0.25) is 10.0 Å². The predicted molar refractivity (Wildman–Crippen MR) is 101 cm³/mol. The Balaban J connectivity index is 1.71. The number of amides is 1. The summed E-state index contributed by atoms with van der Waals surface area (Å²) in [6.07, 6.45) is 1.77. The molecule has 0 atom stereocenters. The molecule has 3 rings (SSSR count). The van der Waals surface area contributed by atoms with Crippen LogP contribution in [0.4, 0.5) is 0 Å². The van der Waals surface area contributed by atoms with Gasteiger partial charge in [0, 0.05) is 50.9 Å². The number of fused-ring (bicyclic) bond motifs is 1. The minimum Gasteiger partial charge on any atom is -0.379 e. The molecule has 0 spiro atoms. The van der Waals surface area contributed by atoms with Crippen LogP contribution in [0, 0.1) is 0 Å². The summed E-state index contributed by atoms with van der Waals surface area (Å²) in [4.78, 5) is 19.5. The van der Waals surface area contributed by atoms with E-state index in [1.165, 1.54) is 10.6 Å². The maximum Gasteiger partial charge on any atom is 0.287 e. The van der Waals surface area contributed by atoms with Crippen LogP contribution in [0.15, 0.2) is 0 Å². The average molecular weight is 400 g/mol. The fourth-order valence-electron chi connectivity index (χ4n) is 3.61. The minimum absolute atomic E-state index is 0.0750. The zero-order valence-electron chi connectivity index (χ0n) is 16.3. The van der Waals surface area contributed by atoms with Gasteiger partial charge in [0.25, 0.3) is 5.91 Å². The third-order valence-corrected chi connectivity index (χ3v) is 6.27. The van der Waals surface area contributed by atoms with Crippen molar-refractivity contribution < 1.29 is 17.9 Å². The Morgan fingerprint density at radius 3 is 2.59 bits per heavy atom. The van der Waals surface area contributed by atoms with Gasteiger partial charge in [0.15, 0.2) is 5.82 Å². The van der Waals surface area contributed by atoms with Gasteiger partial charge in [-0.1, -0.05) is 0 Å². The number of ether oxygens (including phenoxy) is 1. The number of imidazole rings is 1. The van der Waals surface area contributed by atoms with Gasteiger partial charge in [-0.2, -0.15) is 4.31 Å². The van der Waals surface area contributed by atoms with Crippen molar-refractivity contribution in [1.82, 2.24) is 24.1 Å². The summed E-state index contributed by atoms with van der Waals surface area (Å²) < 4.78 is 32.4. The summed E-state index contributed by atoms with van der Waals surface area (Å²) >= 11 is 0. The normalized spacial score (nSPS) is 19.3. The first-order chi connectivity index (χ1) is 12.8. The third kappa shape index (κ3) is 4.68. The Morgan fingerprint density at radius 1 is 1.26 bits per heavy atom. The number of carbonyl (C=O) groups is 1. The number of nitrogens with one attached hydrogen (secondary N) is 1. The standard InChI is InChI=1S/C17H29N5O4S/c1-13(2)22-15-4-6-21(27(3,24)25)12-14(15)19-16(22)17(23)18-5-7-20-8-10-26-11-9-20/h13H,4-12H2,1-3H3,(H,18,23). The third-order valence-electron chi connectivity index (χ3n) is 5.02. The molecule has 1 aromatic rings. The smallest absolute Gasteiger partial charge is 0.287 e. The van der Waals surface area contributed by atoms with Crippen LogP contribution in [0.3, 0.4) is 0 Å². The Labute approximate surface area is 160 Å². The first-order valence-corrected chi connectivity index (χ1v) is 11.3. The lowest BCUT2D eigenvalue weighted by Crippen LogP contribution is -2.41. The van der Waals surface area contributed by atoms with Crippen LogP contribution in [0.1, 0.15) is 41.9 Å². The van der Waals surface area contributed by atoms with Crippen molar-refractivity contribution in [3.63, 3.8) is 0 Å². The van der Waals surface area contributed by atoms with Gasteiger partial charge in [0.05, 0.1) is 31.7 Å². The van der Waals surface area contributed by atoms with E-state index in [4.69, 9.17) is 4.74 Å². The molecule has 1 fully saturated rings. The number of sulfonamides is 1. The quantitative estimate of drug-likeness (QED) is 0.714. The highest BCUT2D eigenvalue weighted by molar-refractivity contribution is 7.88. The predicted octanol–water partition coefficient (Wildman–Crippen LogP) is -0.156. The topological polar surface area (TPSA) is 96.8 Å². The molecule has 0 unspecified atom stereocenters. The fourth-order valence-corrected chi connectivity index (χ4v) is 4.39. The molecule has 1 N–H and O–H groups in total. The second-order valence-corrected chi connectivity index (χ2v) is 9.33. The van der Waals surface area contributed by atoms with Crippen molar-refractivity contribution in [1.29, 1.82) is 0 Å². The van der Waals surface area contributed by atoms with E-state index in [2.05, 4.69) is 15.2 Å². The maximum absolute atomic E-state index is 12.7. The van der Waals surface area contributed by atoms with Crippen LogP contribution in [0.25, 0.3) is 0 Å². The number of rotatable bonds is 6. The van der Waals surface area contributed by atoms with Gasteiger partial charge < -0.3 is 14.6 Å². The van der Waals surface area contributed by atoms with Crippen molar-refractivity contribution in [3.05, 3.63) is 17.2 Å². The minimum atomic E-state index is -3.27. The molecule has 0 aliphatic carbocycles. The first-order valence-electron chi connectivity index (χ1n) is 9.40. The van der Waals surface area contributed by atoms with E-state index in [9.17, 15) is 13.2 Å². The summed E-state index contributed by atoms with van der Waals surface area (Å²) in [5.74, 6) is 0.157. The highest BCUT2D eigenvalue weighted by Gasteiger charge is 2.30. The molecule has 2 aliphatic rings. The van der Waals surface area contributed by atoms with E-state index >= 15 is 0 Å². The van der Waals surface area contributed by atoms with Gasteiger partial charge >= 0.3 is 0 Å². The van der Waals surface area contributed by atoms with Gasteiger partial charge in [-0.05, 0) is 13.8 Å². The molecule has 0 aromatic carbocycles. The van der Waals surface area contributed by atoms with Crippen molar-refractivity contribution in [2.24, 2.45) is 0 Å². The molecule has 0 radical (unpaired) electrons. The van der Waals surface area contributed by atoms with E-state index in [1.54, 1.807) is 0 Å². The highest BCUT2D eigenvalue weighted by Crippen LogP contribution is 2.25. The van der Waals surface area contributed by atoms with Gasteiger partial charge in [-0.25, -0.2) is 13.4 Å². The molecule has 3 heterocycles. The van der Waals surface area contributed by atoms with E-state index in [1.807, 2.05) is 18.4 Å². The monoisotopic (exact) mass is 399 g/mol. The first kappa shape index (κ1) is 20.2. The molecule has 0 saturated carbocycles. The van der Waals surface area contributed by atoms with Crippen LogP contribution in [0.5, 0.6) is 0 Å². The highest BCUT2D eigenvalue weighted by atomic mass is 32.2. The summed E-state index contributed by atoms with van der Waals surface area (Å²) in [5, 5.41) is 2.96. The lowest BCUT2D eigenvalue weighted by molar-refractivity contribution is 0.0383. The number of morpholine rings is 1. The molecule has 10 heteroatoms. The van der Waals surface area contributed by atoms with Gasteiger partial charge in [-0.15, -0.1) is 0 Å². The average Bonchev–Trinajstić information content (AvgIpc) is 3.01. The van der Waals surface area contributed by atoms with Gasteiger partial charge in [0.1, 0.15) is 0 Å². The number of nitrogens with zero attached hydrogens (tertiary/aromatic N) is 4. The van der Waals surface area contributed by atoms with Gasteiger partial charge in [-0.3, -0.25) is 9.69 Å². The van der Waals surface area contributed by atoms with Crippen molar-refractivity contribution in [2.75, 3.05) is 52.2 Å². The van der Waals surface area contributed by atoms with Crippen LogP contribution in [-0.4, -0.2) is 85.3 Å². The molecule has 1 saturated heterocycles. The number of carbonyl (C=O) groups excluding carboxylic acids is 1. The Bertz CT molecular complexity index is 783. The Hall–Kier alpha value is -1.49. The van der Waals surface area contributed by atoms with Crippen LogP contribution < -0.4 is 5.32 Å². The van der Waals surface area contributed by atoms with E-state index in [0.717, 1.165) is 38.5 Å². The molecule has 2 aliphatic heterocycles. The summed E-state index contributed by atoms with van der Waals surface area (Å²) in [6, 6.07) is 0.0750. The van der Waals surface area contributed by atoms with E-state index in [-0.39, 0.29) is 18.5 Å². The second kappa shape index (κ2) is 8.26. The van der Waals surface area contributed by atoms with E-state index in [0.29, 0.717) is 31.0 Å². The Morgan fingerprint density at radius 2 is 1.96 bits per heavy atom. The van der Waals surface area contributed by atoms with Crippen molar-refractivity contribution in [2.45, 2.75) is 32.9 Å². The number of hydrogen-bond donors (Lipinski definition) is 1. The molecule has 152 valence electrons. The molecular formula is C17H29N5O4S. The molecule has 0 bridgehead atoms. The summed E-state index contributed by atoms with van der Waals surface area (Å²) in [7, 11) is -3.27. The van der Waals surface area contributed by atoms with Crippen LogP contribution in [-0.2, 0) is 27.7 Å². The zero-order chi connectivity index (χ0) is 19.6. The van der Waals surface area contributed by atoms with Crippen molar-refractivity contribution >= 4 is 15.9 Å². The zero-order valence-corrected chi connectivity index (χ0v) is 17.1. The summed E-state index contributed by atoms with van der Waals surface area (Å²) in [6.45, 7) is 9.21. The molecular weight excluding hydrogens is 370 g/mol. The SMILES string of the molecule is CC(C)n1c(C(=O)NCCN2CCOCC2)nc2c1CCN(S(C)(=O)=O)C2. The largest absolute Gasteiger partial charge is 0.379 e. The molecule has 1 aromatic heterocycles. The van der Waals surface area contributed by atoms with Crippen LogP contribution in [0.2, 0.25) is 0 Å². The van der Waals surface area contributed by atoms with Crippen molar-refractivity contribution in [3.8, 4) is 0 Å². The maximum atomic E-state index is 12.7.